The SMILES string of the molecule is Nc1ccc(Br)cc1C(=O)NOCCOc1ccccc1. The van der Waals surface area contributed by atoms with Gasteiger partial charge in [-0.3, -0.25) is 9.63 Å². The van der Waals surface area contributed by atoms with Gasteiger partial charge in [0.1, 0.15) is 19.0 Å². The quantitative estimate of drug-likeness (QED) is 0.477. The fourth-order valence-corrected chi connectivity index (χ4v) is 1.98. The van der Waals surface area contributed by atoms with Gasteiger partial charge in [-0.25, -0.2) is 5.48 Å². The molecule has 2 aromatic carbocycles. The molecule has 0 saturated carbocycles. The van der Waals surface area contributed by atoms with Crippen LogP contribution in [-0.2, 0) is 4.84 Å². The van der Waals surface area contributed by atoms with Crippen molar-refractivity contribution >= 4 is 27.5 Å². The van der Waals surface area contributed by atoms with Gasteiger partial charge in [0.2, 0.25) is 0 Å². The third kappa shape index (κ3) is 4.77. The van der Waals surface area contributed by atoms with Gasteiger partial charge in [-0.2, -0.15) is 0 Å². The maximum Gasteiger partial charge on any atom is 0.276 e. The monoisotopic (exact) mass is 350 g/mol. The molecule has 6 heteroatoms. The molecule has 2 rings (SSSR count). The molecule has 0 heterocycles. The van der Waals surface area contributed by atoms with Crippen molar-refractivity contribution in [3.8, 4) is 5.75 Å². The Labute approximate surface area is 131 Å². The number of nitrogens with two attached hydrogens (primary N) is 1. The summed E-state index contributed by atoms with van der Waals surface area (Å²) in [5.41, 5.74) is 8.81. The van der Waals surface area contributed by atoms with Gasteiger partial charge in [0.05, 0.1) is 5.56 Å². The van der Waals surface area contributed by atoms with Crippen molar-refractivity contribution < 1.29 is 14.4 Å². The van der Waals surface area contributed by atoms with Crippen LogP contribution in [0.5, 0.6) is 5.75 Å². The van der Waals surface area contributed by atoms with Crippen LogP contribution in [0.1, 0.15) is 10.4 Å². The Morgan fingerprint density at radius 1 is 1.14 bits per heavy atom. The first-order valence-electron chi connectivity index (χ1n) is 6.32. The zero-order valence-electron chi connectivity index (χ0n) is 11.2. The zero-order valence-corrected chi connectivity index (χ0v) is 12.8. The molecule has 0 radical (unpaired) electrons. The van der Waals surface area contributed by atoms with E-state index >= 15 is 0 Å². The Bertz CT molecular complexity index is 605. The van der Waals surface area contributed by atoms with Crippen molar-refractivity contribution in [1.82, 2.24) is 5.48 Å². The number of nitrogen functional groups attached to an aromatic ring is 1. The molecule has 0 spiro atoms. The van der Waals surface area contributed by atoms with E-state index in [0.717, 1.165) is 10.2 Å². The van der Waals surface area contributed by atoms with E-state index in [2.05, 4.69) is 21.4 Å². The van der Waals surface area contributed by atoms with Gasteiger partial charge in [-0.15, -0.1) is 0 Å². The molecule has 2 aromatic rings. The molecule has 5 nitrogen and oxygen atoms in total. The topological polar surface area (TPSA) is 73.6 Å². The summed E-state index contributed by atoms with van der Waals surface area (Å²) in [6.07, 6.45) is 0. The fraction of sp³-hybridized carbons (Fsp3) is 0.133. The molecule has 0 aliphatic heterocycles. The Kier molecular flexibility index (Phi) is 5.59. The van der Waals surface area contributed by atoms with E-state index in [4.69, 9.17) is 15.3 Å². The Balaban J connectivity index is 1.73. The lowest BCUT2D eigenvalue weighted by atomic mass is 10.2. The summed E-state index contributed by atoms with van der Waals surface area (Å²) < 4.78 is 6.20. The lowest BCUT2D eigenvalue weighted by Crippen LogP contribution is -2.26. The predicted octanol–water partition coefficient (Wildman–Crippen LogP) is 2.77. The third-order valence-electron chi connectivity index (χ3n) is 2.62. The number of rotatable bonds is 6. The molecule has 0 aliphatic rings. The van der Waals surface area contributed by atoms with Crippen molar-refractivity contribution in [2.45, 2.75) is 0 Å². The van der Waals surface area contributed by atoms with Crippen LogP contribution in [0.3, 0.4) is 0 Å². The van der Waals surface area contributed by atoms with E-state index in [9.17, 15) is 4.79 Å². The van der Waals surface area contributed by atoms with Crippen molar-refractivity contribution in [2.75, 3.05) is 18.9 Å². The van der Waals surface area contributed by atoms with E-state index < -0.39 is 5.91 Å². The number of carbonyl (C=O) groups excluding carboxylic acids is 1. The standard InChI is InChI=1S/C15H15BrN2O3/c16-11-6-7-14(17)13(10-11)15(19)18-21-9-8-20-12-4-2-1-3-5-12/h1-7,10H,8-9,17H2,(H,18,19). The first-order chi connectivity index (χ1) is 10.2. The summed E-state index contributed by atoms with van der Waals surface area (Å²) in [5, 5.41) is 0. The minimum atomic E-state index is -0.395. The van der Waals surface area contributed by atoms with Gasteiger partial charge in [0.15, 0.2) is 0 Å². The summed E-state index contributed by atoms with van der Waals surface area (Å²) in [5.74, 6) is 0.358. The zero-order chi connectivity index (χ0) is 15.1. The molecule has 110 valence electrons. The van der Waals surface area contributed by atoms with E-state index in [1.165, 1.54) is 0 Å². The number of hydrogen-bond acceptors (Lipinski definition) is 4. The van der Waals surface area contributed by atoms with Crippen LogP contribution in [0.25, 0.3) is 0 Å². The van der Waals surface area contributed by atoms with Gasteiger partial charge >= 0.3 is 0 Å². The van der Waals surface area contributed by atoms with Crippen molar-refractivity contribution in [3.05, 3.63) is 58.6 Å². The second-order valence-corrected chi connectivity index (χ2v) is 5.09. The van der Waals surface area contributed by atoms with Gasteiger partial charge in [0.25, 0.3) is 5.91 Å². The number of anilines is 1. The third-order valence-corrected chi connectivity index (χ3v) is 3.12. The van der Waals surface area contributed by atoms with Crippen molar-refractivity contribution in [2.24, 2.45) is 0 Å². The molecule has 21 heavy (non-hydrogen) atoms. The highest BCUT2D eigenvalue weighted by Crippen LogP contribution is 2.18. The maximum absolute atomic E-state index is 11.9. The van der Waals surface area contributed by atoms with E-state index in [1.54, 1.807) is 18.2 Å². The molecule has 3 N–H and O–H groups in total. The van der Waals surface area contributed by atoms with Crippen LogP contribution in [0.2, 0.25) is 0 Å². The number of hydrogen-bond donors (Lipinski definition) is 2. The van der Waals surface area contributed by atoms with Crippen LogP contribution < -0.4 is 16.0 Å². The number of nitrogens with one attached hydrogen (secondary N) is 1. The number of halogens is 1. The van der Waals surface area contributed by atoms with Crippen molar-refractivity contribution in [3.63, 3.8) is 0 Å². The number of amides is 1. The molecule has 1 amide bonds. The smallest absolute Gasteiger partial charge is 0.276 e. The minimum absolute atomic E-state index is 0.231. The van der Waals surface area contributed by atoms with Crippen LogP contribution in [-0.4, -0.2) is 19.1 Å². The first kappa shape index (κ1) is 15.3. The predicted molar refractivity (Wildman–Crippen MR) is 83.9 cm³/mol. The normalized spacial score (nSPS) is 10.1. The van der Waals surface area contributed by atoms with E-state index in [0.29, 0.717) is 17.9 Å². The van der Waals surface area contributed by atoms with Gasteiger partial charge in [-0.05, 0) is 30.3 Å². The molecule has 0 aliphatic carbocycles. The van der Waals surface area contributed by atoms with Crippen LogP contribution in [0, 0.1) is 0 Å². The highest BCUT2D eigenvalue weighted by atomic mass is 79.9. The lowest BCUT2D eigenvalue weighted by Gasteiger charge is -2.09. The fourth-order valence-electron chi connectivity index (χ4n) is 1.61. The first-order valence-corrected chi connectivity index (χ1v) is 7.11. The van der Waals surface area contributed by atoms with Gasteiger partial charge < -0.3 is 10.5 Å². The Morgan fingerprint density at radius 3 is 2.67 bits per heavy atom. The molecule has 0 fully saturated rings. The molecule has 0 aromatic heterocycles. The second-order valence-electron chi connectivity index (χ2n) is 4.17. The maximum atomic E-state index is 11.9. The number of ether oxygens (including phenoxy) is 1. The van der Waals surface area contributed by atoms with Crippen molar-refractivity contribution in [1.29, 1.82) is 0 Å². The molecular formula is C15H15BrN2O3. The average Bonchev–Trinajstić information content (AvgIpc) is 2.50. The average molecular weight is 351 g/mol. The number of hydroxylamine groups is 1. The minimum Gasteiger partial charge on any atom is -0.491 e. The van der Waals surface area contributed by atoms with E-state index in [-0.39, 0.29) is 6.61 Å². The summed E-state index contributed by atoms with van der Waals surface area (Å²) in [7, 11) is 0. The van der Waals surface area contributed by atoms with Crippen LogP contribution >= 0.6 is 15.9 Å². The summed E-state index contributed by atoms with van der Waals surface area (Å²) in [6, 6.07) is 14.4. The molecule has 0 unspecified atom stereocenters. The van der Waals surface area contributed by atoms with Gasteiger partial charge in [-0.1, -0.05) is 34.1 Å². The molecule has 0 atom stereocenters. The largest absolute Gasteiger partial charge is 0.491 e. The highest BCUT2D eigenvalue weighted by molar-refractivity contribution is 9.10. The number of benzene rings is 2. The highest BCUT2D eigenvalue weighted by Gasteiger charge is 2.10. The number of para-hydroxylation sites is 1. The van der Waals surface area contributed by atoms with Crippen LogP contribution in [0.15, 0.2) is 53.0 Å². The second kappa shape index (κ2) is 7.66. The lowest BCUT2D eigenvalue weighted by molar-refractivity contribution is 0.0201. The van der Waals surface area contributed by atoms with Crippen LogP contribution in [0.4, 0.5) is 5.69 Å². The van der Waals surface area contributed by atoms with Gasteiger partial charge in [0, 0.05) is 10.2 Å². The molecule has 0 saturated heterocycles. The molecule has 0 bridgehead atoms. The summed E-state index contributed by atoms with van der Waals surface area (Å²) in [4.78, 5) is 16.9. The Hall–Kier alpha value is -2.05. The van der Waals surface area contributed by atoms with E-state index in [1.807, 2.05) is 30.3 Å². The Morgan fingerprint density at radius 2 is 1.90 bits per heavy atom. The summed E-state index contributed by atoms with van der Waals surface area (Å²) in [6.45, 7) is 0.562. The summed E-state index contributed by atoms with van der Waals surface area (Å²) >= 11 is 3.29. The molecular weight excluding hydrogens is 336 g/mol. The number of carbonyl (C=O) groups is 1.